The van der Waals surface area contributed by atoms with Gasteiger partial charge in [0.15, 0.2) is 0 Å². The topological polar surface area (TPSA) is 54.3 Å². The third kappa shape index (κ3) is 2.90. The number of likely N-dealkylation sites (N-methyl/N-ethyl adjacent to an activating group) is 1. The van der Waals surface area contributed by atoms with Gasteiger partial charge >= 0.3 is 0 Å². The molecule has 0 bridgehead atoms. The highest BCUT2D eigenvalue weighted by Crippen LogP contribution is 2.35. The zero-order valence-corrected chi connectivity index (χ0v) is 15.2. The Labute approximate surface area is 152 Å². The van der Waals surface area contributed by atoms with Crippen molar-refractivity contribution in [3.63, 3.8) is 0 Å². The Hall–Kier alpha value is -2.28. The summed E-state index contributed by atoms with van der Waals surface area (Å²) in [5.74, 6) is 2.02. The summed E-state index contributed by atoms with van der Waals surface area (Å²) < 4.78 is 16.1. The number of para-hydroxylation sites is 1. The molecule has 7 heteroatoms. The lowest BCUT2D eigenvalue weighted by Crippen LogP contribution is -2.40. The van der Waals surface area contributed by atoms with Crippen LogP contribution in [-0.2, 0) is 18.4 Å². The SMILES string of the molecule is CN(Cc1nnc(C2CCC2)n1C)C1CCN(c2ccccc2F)C1=O. The maximum Gasteiger partial charge on any atom is 0.244 e. The molecule has 0 spiro atoms. The Morgan fingerprint density at radius 3 is 2.69 bits per heavy atom. The summed E-state index contributed by atoms with van der Waals surface area (Å²) in [7, 11) is 3.92. The predicted molar refractivity (Wildman–Crippen MR) is 96.2 cm³/mol. The van der Waals surface area contributed by atoms with E-state index in [4.69, 9.17) is 0 Å². The zero-order valence-electron chi connectivity index (χ0n) is 15.2. The lowest BCUT2D eigenvalue weighted by molar-refractivity contribution is -0.121. The molecule has 2 aromatic rings. The van der Waals surface area contributed by atoms with E-state index in [0.29, 0.717) is 31.1 Å². The second-order valence-electron chi connectivity index (χ2n) is 7.32. The van der Waals surface area contributed by atoms with Crippen molar-refractivity contribution in [2.24, 2.45) is 7.05 Å². The van der Waals surface area contributed by atoms with Crippen molar-refractivity contribution in [1.82, 2.24) is 19.7 Å². The van der Waals surface area contributed by atoms with E-state index < -0.39 is 0 Å². The van der Waals surface area contributed by atoms with E-state index in [1.165, 1.54) is 25.3 Å². The van der Waals surface area contributed by atoms with E-state index in [2.05, 4.69) is 14.8 Å². The van der Waals surface area contributed by atoms with Crippen LogP contribution >= 0.6 is 0 Å². The number of nitrogens with zero attached hydrogens (tertiary/aromatic N) is 5. The summed E-state index contributed by atoms with van der Waals surface area (Å²) in [5.41, 5.74) is 0.360. The first-order chi connectivity index (χ1) is 12.6. The van der Waals surface area contributed by atoms with Crippen LogP contribution in [0.3, 0.4) is 0 Å². The van der Waals surface area contributed by atoms with E-state index >= 15 is 0 Å². The van der Waals surface area contributed by atoms with E-state index in [0.717, 1.165) is 11.6 Å². The van der Waals surface area contributed by atoms with Crippen LogP contribution in [0.25, 0.3) is 0 Å². The molecule has 138 valence electrons. The number of amides is 1. The first-order valence-corrected chi connectivity index (χ1v) is 9.20. The summed E-state index contributed by atoms with van der Waals surface area (Å²) in [5, 5.41) is 8.68. The number of halogens is 1. The summed E-state index contributed by atoms with van der Waals surface area (Å²) in [4.78, 5) is 16.4. The van der Waals surface area contributed by atoms with Crippen molar-refractivity contribution < 1.29 is 9.18 Å². The first kappa shape index (κ1) is 17.1. The summed E-state index contributed by atoms with van der Waals surface area (Å²) in [6.07, 6.45) is 4.30. The highest BCUT2D eigenvalue weighted by Gasteiger charge is 2.36. The quantitative estimate of drug-likeness (QED) is 0.825. The largest absolute Gasteiger partial charge is 0.317 e. The third-order valence-corrected chi connectivity index (χ3v) is 5.71. The first-order valence-electron chi connectivity index (χ1n) is 9.20. The fraction of sp³-hybridized carbons (Fsp3) is 0.526. The van der Waals surface area contributed by atoms with Gasteiger partial charge in [-0.05, 0) is 38.4 Å². The molecule has 2 heterocycles. The lowest BCUT2D eigenvalue weighted by atomic mass is 9.85. The van der Waals surface area contributed by atoms with Crippen molar-refractivity contribution in [1.29, 1.82) is 0 Å². The molecule has 1 saturated carbocycles. The Morgan fingerprint density at radius 2 is 2.00 bits per heavy atom. The molecule has 6 nitrogen and oxygen atoms in total. The number of benzene rings is 1. The Balaban J connectivity index is 1.46. The van der Waals surface area contributed by atoms with Crippen molar-refractivity contribution in [3.8, 4) is 0 Å². The van der Waals surface area contributed by atoms with Gasteiger partial charge in [0.05, 0.1) is 18.3 Å². The van der Waals surface area contributed by atoms with Gasteiger partial charge < -0.3 is 9.47 Å². The smallest absolute Gasteiger partial charge is 0.244 e. The van der Waals surface area contributed by atoms with Gasteiger partial charge in [0.2, 0.25) is 5.91 Å². The van der Waals surface area contributed by atoms with Crippen LogP contribution in [0, 0.1) is 5.82 Å². The normalized spacial score (nSPS) is 20.8. The standard InChI is InChI=1S/C19H24FN5O/c1-23(12-17-21-22-18(24(17)2)13-6-5-7-13)16-10-11-25(19(16)26)15-9-4-3-8-14(15)20/h3-4,8-9,13,16H,5-7,10-12H2,1-2H3. The molecule has 1 aromatic carbocycles. The minimum atomic E-state index is -0.359. The second kappa shape index (κ2) is 6.79. The van der Waals surface area contributed by atoms with Crippen molar-refractivity contribution in [3.05, 3.63) is 41.7 Å². The van der Waals surface area contributed by atoms with E-state index in [9.17, 15) is 9.18 Å². The van der Waals surface area contributed by atoms with Crippen LogP contribution in [0.2, 0.25) is 0 Å². The molecular weight excluding hydrogens is 333 g/mol. The highest BCUT2D eigenvalue weighted by molar-refractivity contribution is 5.99. The van der Waals surface area contributed by atoms with Gasteiger partial charge in [-0.25, -0.2) is 4.39 Å². The predicted octanol–water partition coefficient (Wildman–Crippen LogP) is 2.46. The van der Waals surface area contributed by atoms with Crippen molar-refractivity contribution in [2.45, 2.75) is 44.2 Å². The molecule has 0 radical (unpaired) electrons. The number of anilines is 1. The summed E-state index contributed by atoms with van der Waals surface area (Å²) in [6.45, 7) is 1.08. The average Bonchev–Trinajstić information content (AvgIpc) is 3.12. The summed E-state index contributed by atoms with van der Waals surface area (Å²) >= 11 is 0. The number of hydrogen-bond acceptors (Lipinski definition) is 4. The summed E-state index contributed by atoms with van der Waals surface area (Å²) in [6, 6.07) is 6.17. The number of carbonyl (C=O) groups is 1. The van der Waals surface area contributed by atoms with Gasteiger partial charge in [-0.1, -0.05) is 18.6 Å². The maximum atomic E-state index is 14.0. The van der Waals surface area contributed by atoms with Crippen LogP contribution in [-0.4, -0.2) is 45.2 Å². The molecule has 1 aliphatic carbocycles. The molecule has 1 amide bonds. The van der Waals surface area contributed by atoms with E-state index in [1.807, 2.05) is 19.0 Å². The molecule has 4 rings (SSSR count). The molecule has 0 N–H and O–H groups in total. The van der Waals surface area contributed by atoms with Crippen molar-refractivity contribution in [2.75, 3.05) is 18.5 Å². The Kier molecular flexibility index (Phi) is 4.48. The molecule has 1 unspecified atom stereocenters. The number of rotatable bonds is 5. The fourth-order valence-electron chi connectivity index (χ4n) is 3.85. The Bertz CT molecular complexity index is 816. The monoisotopic (exact) mass is 357 g/mol. The molecular formula is C19H24FN5O. The van der Waals surface area contributed by atoms with Crippen LogP contribution in [0.15, 0.2) is 24.3 Å². The van der Waals surface area contributed by atoms with Crippen molar-refractivity contribution >= 4 is 11.6 Å². The number of carbonyl (C=O) groups excluding carboxylic acids is 1. The average molecular weight is 357 g/mol. The van der Waals surface area contributed by atoms with Crippen LogP contribution in [0.4, 0.5) is 10.1 Å². The van der Waals surface area contributed by atoms with Crippen LogP contribution in [0.5, 0.6) is 0 Å². The molecule has 26 heavy (non-hydrogen) atoms. The van der Waals surface area contributed by atoms with Gasteiger partial charge in [0.1, 0.15) is 17.5 Å². The van der Waals surface area contributed by atoms with Gasteiger partial charge in [0, 0.05) is 19.5 Å². The minimum absolute atomic E-state index is 0.0565. The maximum absolute atomic E-state index is 14.0. The third-order valence-electron chi connectivity index (χ3n) is 5.71. The molecule has 1 aromatic heterocycles. The van der Waals surface area contributed by atoms with Gasteiger partial charge in [0.25, 0.3) is 0 Å². The molecule has 2 fully saturated rings. The molecule has 1 atom stereocenters. The molecule has 2 aliphatic rings. The van der Waals surface area contributed by atoms with E-state index in [1.54, 1.807) is 23.1 Å². The zero-order chi connectivity index (χ0) is 18.3. The number of aromatic nitrogens is 3. The molecule has 1 aliphatic heterocycles. The Morgan fingerprint density at radius 1 is 1.23 bits per heavy atom. The highest BCUT2D eigenvalue weighted by atomic mass is 19.1. The van der Waals surface area contributed by atoms with Gasteiger partial charge in [-0.2, -0.15) is 0 Å². The van der Waals surface area contributed by atoms with Crippen LogP contribution < -0.4 is 4.90 Å². The molecule has 1 saturated heterocycles. The van der Waals surface area contributed by atoms with Gasteiger partial charge in [-0.3, -0.25) is 9.69 Å². The van der Waals surface area contributed by atoms with E-state index in [-0.39, 0.29) is 17.8 Å². The van der Waals surface area contributed by atoms with Gasteiger partial charge in [-0.15, -0.1) is 10.2 Å². The lowest BCUT2D eigenvalue weighted by Gasteiger charge is -2.25. The number of hydrogen-bond donors (Lipinski definition) is 0. The fourth-order valence-corrected chi connectivity index (χ4v) is 3.85. The van der Waals surface area contributed by atoms with Crippen LogP contribution in [0.1, 0.15) is 43.3 Å². The minimum Gasteiger partial charge on any atom is -0.317 e. The second-order valence-corrected chi connectivity index (χ2v) is 7.32.